The number of anilines is 1. The van der Waals surface area contributed by atoms with E-state index in [2.05, 4.69) is 11.2 Å². The number of aromatic carboxylic acids is 1. The third kappa shape index (κ3) is 3.06. The van der Waals surface area contributed by atoms with Crippen LogP contribution in [0.2, 0.25) is 0 Å². The molecular formula is C12H11FN2O3. The number of terminal acetylenes is 1. The molecule has 1 unspecified atom stereocenters. The van der Waals surface area contributed by atoms with Crippen molar-refractivity contribution in [1.82, 2.24) is 0 Å². The Morgan fingerprint density at radius 1 is 1.56 bits per heavy atom. The largest absolute Gasteiger partial charge is 0.478 e. The molecule has 0 aliphatic rings. The summed E-state index contributed by atoms with van der Waals surface area (Å²) in [4.78, 5) is 22.4. The number of para-hydroxylation sites is 1. The van der Waals surface area contributed by atoms with Gasteiger partial charge in [0.2, 0.25) is 5.91 Å². The van der Waals surface area contributed by atoms with E-state index in [4.69, 9.17) is 17.3 Å². The quantitative estimate of drug-likeness (QED) is 0.689. The predicted octanol–water partition coefficient (Wildman–Crippen LogP) is 0.813. The van der Waals surface area contributed by atoms with E-state index in [1.165, 1.54) is 12.1 Å². The first-order valence-electron chi connectivity index (χ1n) is 4.99. The molecule has 1 rings (SSSR count). The van der Waals surface area contributed by atoms with Gasteiger partial charge in [0, 0.05) is 6.42 Å². The van der Waals surface area contributed by atoms with Crippen LogP contribution < -0.4 is 11.1 Å². The van der Waals surface area contributed by atoms with Gasteiger partial charge in [-0.2, -0.15) is 0 Å². The lowest BCUT2D eigenvalue weighted by Gasteiger charge is -2.12. The fraction of sp³-hybridized carbons (Fsp3) is 0.167. The highest BCUT2D eigenvalue weighted by atomic mass is 19.1. The minimum absolute atomic E-state index is 0.0251. The van der Waals surface area contributed by atoms with E-state index < -0.39 is 29.4 Å². The lowest BCUT2D eigenvalue weighted by atomic mass is 10.1. The van der Waals surface area contributed by atoms with Crippen LogP contribution in [0.5, 0.6) is 0 Å². The summed E-state index contributed by atoms with van der Waals surface area (Å²) < 4.78 is 13.5. The molecular weight excluding hydrogens is 239 g/mol. The number of amides is 1. The molecule has 0 aliphatic heterocycles. The zero-order chi connectivity index (χ0) is 13.7. The molecule has 4 N–H and O–H groups in total. The van der Waals surface area contributed by atoms with Gasteiger partial charge in [-0.05, 0) is 12.1 Å². The number of nitrogens with one attached hydrogen (secondary N) is 1. The van der Waals surface area contributed by atoms with Crippen LogP contribution >= 0.6 is 0 Å². The average molecular weight is 250 g/mol. The maximum atomic E-state index is 13.5. The van der Waals surface area contributed by atoms with Crippen LogP contribution in [0.4, 0.5) is 10.1 Å². The molecule has 1 atom stereocenters. The normalized spacial score (nSPS) is 11.4. The fourth-order valence-corrected chi connectivity index (χ4v) is 1.26. The first-order chi connectivity index (χ1) is 8.47. The molecule has 0 heterocycles. The van der Waals surface area contributed by atoms with Gasteiger partial charge in [-0.3, -0.25) is 4.79 Å². The molecule has 5 nitrogen and oxygen atoms in total. The number of nitrogens with two attached hydrogens (primary N) is 1. The van der Waals surface area contributed by atoms with E-state index in [-0.39, 0.29) is 12.0 Å². The standard InChI is InChI=1S/C12H11FN2O3/c1-2-4-9(14)11(16)15-10-7(12(17)18)5-3-6-8(10)13/h1,3,5-6,9H,4,14H2,(H,15,16)(H,17,18). The van der Waals surface area contributed by atoms with Crippen molar-refractivity contribution < 1.29 is 19.1 Å². The Bertz CT molecular complexity index is 523. The summed E-state index contributed by atoms with van der Waals surface area (Å²) >= 11 is 0. The summed E-state index contributed by atoms with van der Waals surface area (Å²) in [7, 11) is 0. The van der Waals surface area contributed by atoms with Crippen molar-refractivity contribution in [1.29, 1.82) is 0 Å². The minimum Gasteiger partial charge on any atom is -0.478 e. The number of carboxylic acids is 1. The molecule has 0 saturated carbocycles. The average Bonchev–Trinajstić information content (AvgIpc) is 2.31. The molecule has 94 valence electrons. The third-order valence-electron chi connectivity index (χ3n) is 2.17. The number of halogens is 1. The lowest BCUT2D eigenvalue weighted by molar-refractivity contribution is -0.117. The molecule has 1 amide bonds. The Kier molecular flexibility index (Phi) is 4.40. The molecule has 0 aromatic heterocycles. The van der Waals surface area contributed by atoms with Crippen LogP contribution in [-0.4, -0.2) is 23.0 Å². The van der Waals surface area contributed by atoms with Gasteiger partial charge < -0.3 is 16.2 Å². The summed E-state index contributed by atoms with van der Waals surface area (Å²) in [5.74, 6) is -0.748. The number of carboxylic acid groups (broad SMARTS) is 1. The summed E-state index contributed by atoms with van der Waals surface area (Å²) in [5.41, 5.74) is 4.66. The van der Waals surface area contributed by atoms with Crippen molar-refractivity contribution in [2.75, 3.05) is 5.32 Å². The summed E-state index contributed by atoms with van der Waals surface area (Å²) in [6.45, 7) is 0. The van der Waals surface area contributed by atoms with Crippen LogP contribution in [0.25, 0.3) is 0 Å². The van der Waals surface area contributed by atoms with Crippen molar-refractivity contribution in [2.45, 2.75) is 12.5 Å². The molecule has 0 bridgehead atoms. The van der Waals surface area contributed by atoms with Gasteiger partial charge in [0.05, 0.1) is 17.3 Å². The Labute approximate surface area is 103 Å². The summed E-state index contributed by atoms with van der Waals surface area (Å²) in [6, 6.07) is 2.43. The van der Waals surface area contributed by atoms with E-state index in [1.807, 2.05) is 0 Å². The van der Waals surface area contributed by atoms with E-state index >= 15 is 0 Å². The zero-order valence-corrected chi connectivity index (χ0v) is 9.31. The van der Waals surface area contributed by atoms with Crippen LogP contribution in [0, 0.1) is 18.2 Å². The third-order valence-corrected chi connectivity index (χ3v) is 2.17. The Morgan fingerprint density at radius 2 is 2.22 bits per heavy atom. The van der Waals surface area contributed by atoms with Gasteiger partial charge >= 0.3 is 5.97 Å². The van der Waals surface area contributed by atoms with Crippen LogP contribution in [-0.2, 0) is 4.79 Å². The molecule has 0 saturated heterocycles. The zero-order valence-electron chi connectivity index (χ0n) is 9.31. The number of hydrogen-bond donors (Lipinski definition) is 3. The molecule has 6 heteroatoms. The maximum absolute atomic E-state index is 13.5. The summed E-state index contributed by atoms with van der Waals surface area (Å²) in [6.07, 6.45) is 4.97. The number of benzene rings is 1. The highest BCUT2D eigenvalue weighted by Gasteiger charge is 2.19. The molecule has 0 radical (unpaired) electrons. The highest BCUT2D eigenvalue weighted by Crippen LogP contribution is 2.20. The Balaban J connectivity index is 3.01. The van der Waals surface area contributed by atoms with Crippen molar-refractivity contribution >= 4 is 17.6 Å². The second-order valence-corrected chi connectivity index (χ2v) is 3.47. The number of rotatable bonds is 4. The van der Waals surface area contributed by atoms with Crippen LogP contribution in [0.3, 0.4) is 0 Å². The fourth-order valence-electron chi connectivity index (χ4n) is 1.26. The van der Waals surface area contributed by atoms with Crippen molar-refractivity contribution in [3.8, 4) is 12.3 Å². The second-order valence-electron chi connectivity index (χ2n) is 3.47. The minimum atomic E-state index is -1.35. The number of carbonyl (C=O) groups is 2. The monoisotopic (exact) mass is 250 g/mol. The van der Waals surface area contributed by atoms with E-state index in [1.54, 1.807) is 0 Å². The van der Waals surface area contributed by atoms with E-state index in [0.717, 1.165) is 6.07 Å². The maximum Gasteiger partial charge on any atom is 0.337 e. The smallest absolute Gasteiger partial charge is 0.337 e. The Morgan fingerprint density at radius 3 is 2.78 bits per heavy atom. The van der Waals surface area contributed by atoms with Gasteiger partial charge in [-0.1, -0.05) is 6.07 Å². The van der Waals surface area contributed by atoms with Gasteiger partial charge in [0.25, 0.3) is 0 Å². The number of carbonyl (C=O) groups excluding carboxylic acids is 1. The predicted molar refractivity (Wildman–Crippen MR) is 63.4 cm³/mol. The molecule has 0 fully saturated rings. The topological polar surface area (TPSA) is 92.4 Å². The SMILES string of the molecule is C#CCC(N)C(=O)Nc1c(F)cccc1C(=O)O. The molecule has 0 aliphatic carbocycles. The van der Waals surface area contributed by atoms with Crippen LogP contribution in [0.1, 0.15) is 16.8 Å². The van der Waals surface area contributed by atoms with Crippen molar-refractivity contribution in [2.24, 2.45) is 5.73 Å². The van der Waals surface area contributed by atoms with Crippen molar-refractivity contribution in [3.63, 3.8) is 0 Å². The molecule has 1 aromatic carbocycles. The van der Waals surface area contributed by atoms with E-state index in [0.29, 0.717) is 0 Å². The molecule has 18 heavy (non-hydrogen) atoms. The van der Waals surface area contributed by atoms with Crippen molar-refractivity contribution in [3.05, 3.63) is 29.6 Å². The van der Waals surface area contributed by atoms with Gasteiger partial charge in [0.15, 0.2) is 0 Å². The van der Waals surface area contributed by atoms with Crippen LogP contribution in [0.15, 0.2) is 18.2 Å². The highest BCUT2D eigenvalue weighted by molar-refractivity contribution is 6.02. The Hall–Kier alpha value is -2.39. The van der Waals surface area contributed by atoms with Gasteiger partial charge in [0.1, 0.15) is 5.82 Å². The molecule has 1 aromatic rings. The number of hydrogen-bond acceptors (Lipinski definition) is 3. The molecule has 0 spiro atoms. The van der Waals surface area contributed by atoms with Gasteiger partial charge in [-0.15, -0.1) is 12.3 Å². The van der Waals surface area contributed by atoms with E-state index in [9.17, 15) is 14.0 Å². The first-order valence-corrected chi connectivity index (χ1v) is 4.99. The first kappa shape index (κ1) is 13.7. The summed E-state index contributed by atoms with van der Waals surface area (Å²) in [5, 5.41) is 11.0. The van der Waals surface area contributed by atoms with Gasteiger partial charge in [-0.25, -0.2) is 9.18 Å². The lowest BCUT2D eigenvalue weighted by Crippen LogP contribution is -2.35. The second kappa shape index (κ2) is 5.80.